The van der Waals surface area contributed by atoms with Crippen LogP contribution in [-0.2, 0) is 17.9 Å². The second-order valence-electron chi connectivity index (χ2n) is 6.46. The van der Waals surface area contributed by atoms with Gasteiger partial charge in [0.15, 0.2) is 0 Å². The van der Waals surface area contributed by atoms with Crippen molar-refractivity contribution in [3.8, 4) is 0 Å². The third-order valence-electron chi connectivity index (χ3n) is 4.60. The van der Waals surface area contributed by atoms with Gasteiger partial charge >= 0.3 is 5.69 Å². The van der Waals surface area contributed by atoms with Crippen LogP contribution in [0.5, 0.6) is 0 Å². The first-order valence-corrected chi connectivity index (χ1v) is 9.21. The molecule has 1 amide bonds. The fourth-order valence-corrected chi connectivity index (χ4v) is 3.35. The van der Waals surface area contributed by atoms with E-state index in [0.717, 1.165) is 42.0 Å². The highest BCUT2D eigenvalue weighted by Crippen LogP contribution is 2.17. The number of anilines is 1. The molecule has 0 aliphatic carbocycles. The molecule has 0 radical (unpaired) electrons. The number of hydrogen-bond acceptors (Lipinski definition) is 5. The molecule has 0 spiro atoms. The van der Waals surface area contributed by atoms with E-state index in [1.54, 1.807) is 12.3 Å². The number of benzene rings is 1. The molecule has 9 heteroatoms. The van der Waals surface area contributed by atoms with Gasteiger partial charge in [-0.25, -0.2) is 13.9 Å². The Bertz CT molecular complexity index is 1040. The number of hydrogen-bond donors (Lipinski definition) is 1. The van der Waals surface area contributed by atoms with Crippen LogP contribution < -0.4 is 15.9 Å². The van der Waals surface area contributed by atoms with Gasteiger partial charge in [0.1, 0.15) is 12.4 Å². The number of fused-ring (bicyclic) bond motifs is 1. The number of carbonyl (C=O) groups excluding carboxylic acids is 1. The van der Waals surface area contributed by atoms with E-state index in [1.807, 2.05) is 24.3 Å². The zero-order valence-corrected chi connectivity index (χ0v) is 15.4. The SMILES string of the molecule is O=C(Cn1nc2nc(N3CCCC3)ccn2c1=O)NCc1ccccc1Cl. The van der Waals surface area contributed by atoms with Crippen molar-refractivity contribution < 1.29 is 4.79 Å². The van der Waals surface area contributed by atoms with Crippen molar-refractivity contribution in [3.63, 3.8) is 0 Å². The molecule has 27 heavy (non-hydrogen) atoms. The fraction of sp³-hybridized carbons (Fsp3) is 0.333. The number of rotatable bonds is 5. The van der Waals surface area contributed by atoms with Crippen molar-refractivity contribution in [1.82, 2.24) is 24.5 Å². The first kappa shape index (κ1) is 17.5. The standard InChI is InChI=1S/C18H19ClN6O2/c19-14-6-2-1-5-13(14)11-20-16(26)12-25-18(27)24-10-7-15(21-17(24)22-25)23-8-3-4-9-23/h1-2,5-7,10H,3-4,8-9,11-12H2,(H,20,26). The zero-order valence-electron chi connectivity index (χ0n) is 14.6. The molecule has 1 fully saturated rings. The molecule has 3 aromatic rings. The van der Waals surface area contributed by atoms with Crippen LogP contribution in [0.4, 0.5) is 5.82 Å². The van der Waals surface area contributed by atoms with Crippen molar-refractivity contribution in [1.29, 1.82) is 0 Å². The van der Waals surface area contributed by atoms with E-state index in [9.17, 15) is 9.59 Å². The van der Waals surface area contributed by atoms with Crippen molar-refractivity contribution in [2.45, 2.75) is 25.9 Å². The minimum atomic E-state index is -0.390. The Labute approximate surface area is 160 Å². The quantitative estimate of drug-likeness (QED) is 0.717. The Morgan fingerprint density at radius 3 is 2.74 bits per heavy atom. The first-order valence-electron chi connectivity index (χ1n) is 8.83. The molecule has 0 atom stereocenters. The Kier molecular flexibility index (Phi) is 4.81. The van der Waals surface area contributed by atoms with Crippen LogP contribution in [0, 0.1) is 0 Å². The van der Waals surface area contributed by atoms with Gasteiger partial charge in [-0.1, -0.05) is 29.8 Å². The van der Waals surface area contributed by atoms with Crippen molar-refractivity contribution in [3.05, 3.63) is 57.6 Å². The summed E-state index contributed by atoms with van der Waals surface area (Å²) in [5.74, 6) is 0.781. The van der Waals surface area contributed by atoms with Crippen molar-refractivity contribution in [2.24, 2.45) is 0 Å². The molecule has 140 valence electrons. The van der Waals surface area contributed by atoms with Gasteiger partial charge in [0.2, 0.25) is 5.91 Å². The van der Waals surface area contributed by atoms with Crippen LogP contribution in [0.25, 0.3) is 5.78 Å². The molecule has 1 aromatic carbocycles. The summed E-state index contributed by atoms with van der Waals surface area (Å²) in [5, 5.41) is 7.54. The maximum Gasteiger partial charge on any atom is 0.352 e. The second-order valence-corrected chi connectivity index (χ2v) is 6.87. The molecule has 1 aliphatic heterocycles. The highest BCUT2D eigenvalue weighted by molar-refractivity contribution is 6.31. The number of aromatic nitrogens is 4. The maximum absolute atomic E-state index is 12.4. The van der Waals surface area contributed by atoms with E-state index < -0.39 is 5.69 Å². The number of amides is 1. The topological polar surface area (TPSA) is 84.5 Å². The van der Waals surface area contributed by atoms with Crippen LogP contribution >= 0.6 is 11.6 Å². The largest absolute Gasteiger partial charge is 0.356 e. The van der Waals surface area contributed by atoms with Crippen LogP contribution in [-0.4, -0.2) is 38.2 Å². The van der Waals surface area contributed by atoms with Gasteiger partial charge in [-0.3, -0.25) is 4.79 Å². The van der Waals surface area contributed by atoms with Crippen LogP contribution in [0.15, 0.2) is 41.3 Å². The average molecular weight is 387 g/mol. The molecule has 1 aliphatic rings. The van der Waals surface area contributed by atoms with Gasteiger partial charge in [-0.05, 0) is 30.5 Å². The Hall–Kier alpha value is -2.87. The number of carbonyl (C=O) groups is 1. The smallest absolute Gasteiger partial charge is 0.352 e. The zero-order chi connectivity index (χ0) is 18.8. The van der Waals surface area contributed by atoms with Gasteiger partial charge in [-0.2, -0.15) is 4.98 Å². The summed E-state index contributed by atoms with van der Waals surface area (Å²) in [7, 11) is 0. The lowest BCUT2D eigenvalue weighted by atomic mass is 10.2. The van der Waals surface area contributed by atoms with E-state index in [-0.39, 0.29) is 19.0 Å². The normalized spacial score (nSPS) is 14.0. The van der Waals surface area contributed by atoms with Gasteiger partial charge < -0.3 is 10.2 Å². The van der Waals surface area contributed by atoms with Gasteiger partial charge in [0.25, 0.3) is 5.78 Å². The molecular weight excluding hydrogens is 368 g/mol. The van der Waals surface area contributed by atoms with E-state index >= 15 is 0 Å². The lowest BCUT2D eigenvalue weighted by Crippen LogP contribution is -2.32. The summed E-state index contributed by atoms with van der Waals surface area (Å²) in [6, 6.07) is 9.09. The highest BCUT2D eigenvalue weighted by atomic mass is 35.5. The number of halogens is 1. The van der Waals surface area contributed by atoms with E-state index in [1.165, 1.54) is 4.40 Å². The molecule has 4 rings (SSSR count). The lowest BCUT2D eigenvalue weighted by molar-refractivity contribution is -0.122. The summed E-state index contributed by atoms with van der Waals surface area (Å²) >= 11 is 6.08. The molecule has 0 bridgehead atoms. The number of nitrogens with zero attached hydrogens (tertiary/aromatic N) is 5. The minimum Gasteiger partial charge on any atom is -0.356 e. The lowest BCUT2D eigenvalue weighted by Gasteiger charge is -2.15. The van der Waals surface area contributed by atoms with E-state index in [0.29, 0.717) is 10.8 Å². The maximum atomic E-state index is 12.4. The Balaban J connectivity index is 1.48. The molecular formula is C18H19ClN6O2. The Morgan fingerprint density at radius 1 is 1.19 bits per heavy atom. The van der Waals surface area contributed by atoms with Crippen molar-refractivity contribution in [2.75, 3.05) is 18.0 Å². The van der Waals surface area contributed by atoms with Gasteiger partial charge in [0.05, 0.1) is 0 Å². The van der Waals surface area contributed by atoms with Crippen molar-refractivity contribution >= 4 is 29.1 Å². The molecule has 1 N–H and O–H groups in total. The molecule has 3 heterocycles. The summed E-state index contributed by atoms with van der Waals surface area (Å²) in [5.41, 5.74) is 0.421. The third kappa shape index (κ3) is 3.66. The predicted octanol–water partition coefficient (Wildman–Crippen LogP) is 1.46. The summed E-state index contributed by atoms with van der Waals surface area (Å²) in [6.07, 6.45) is 3.93. The first-order chi connectivity index (χ1) is 13.1. The third-order valence-corrected chi connectivity index (χ3v) is 4.97. The van der Waals surface area contributed by atoms with E-state index in [4.69, 9.17) is 11.6 Å². The summed E-state index contributed by atoms with van der Waals surface area (Å²) in [4.78, 5) is 31.3. The summed E-state index contributed by atoms with van der Waals surface area (Å²) < 4.78 is 2.47. The van der Waals surface area contributed by atoms with Gasteiger partial charge in [0, 0.05) is 30.9 Å². The van der Waals surface area contributed by atoms with Crippen LogP contribution in [0.2, 0.25) is 5.02 Å². The van der Waals surface area contributed by atoms with Crippen LogP contribution in [0.1, 0.15) is 18.4 Å². The van der Waals surface area contributed by atoms with Gasteiger partial charge in [-0.15, -0.1) is 5.10 Å². The molecule has 1 saturated heterocycles. The Morgan fingerprint density at radius 2 is 1.96 bits per heavy atom. The van der Waals surface area contributed by atoms with Crippen LogP contribution in [0.3, 0.4) is 0 Å². The number of nitrogens with one attached hydrogen (secondary N) is 1. The molecule has 2 aromatic heterocycles. The second kappa shape index (κ2) is 7.40. The average Bonchev–Trinajstić information content (AvgIpc) is 3.30. The minimum absolute atomic E-state index is 0.175. The molecule has 8 nitrogen and oxygen atoms in total. The molecule has 0 unspecified atom stereocenters. The van der Waals surface area contributed by atoms with E-state index in [2.05, 4.69) is 20.3 Å². The molecule has 0 saturated carbocycles. The fourth-order valence-electron chi connectivity index (χ4n) is 3.15. The highest BCUT2D eigenvalue weighted by Gasteiger charge is 2.16. The monoisotopic (exact) mass is 386 g/mol. The summed E-state index contributed by atoms with van der Waals surface area (Å²) in [6.45, 7) is 2.03. The predicted molar refractivity (Wildman–Crippen MR) is 102 cm³/mol.